The Balaban J connectivity index is 2.18. The Morgan fingerprint density at radius 1 is 1.30 bits per heavy atom. The van der Waals surface area contributed by atoms with Gasteiger partial charge in [0.1, 0.15) is 5.56 Å². The molecule has 6 nitrogen and oxygen atoms in total. The summed E-state index contributed by atoms with van der Waals surface area (Å²) in [5.74, 6) is -0.890. The summed E-state index contributed by atoms with van der Waals surface area (Å²) in [5.41, 5.74) is 0.690. The number of pyridine rings is 1. The van der Waals surface area contributed by atoms with Crippen LogP contribution in [-0.2, 0) is 7.05 Å². The highest BCUT2D eigenvalue weighted by Crippen LogP contribution is 2.29. The first kappa shape index (κ1) is 12.2. The van der Waals surface area contributed by atoms with Gasteiger partial charge in [0.15, 0.2) is 5.75 Å². The van der Waals surface area contributed by atoms with Gasteiger partial charge in [0.25, 0.3) is 0 Å². The number of fused-ring (bicyclic) bond motifs is 1. The molecule has 0 saturated heterocycles. The molecule has 0 aliphatic rings. The molecule has 0 amide bonds. The van der Waals surface area contributed by atoms with E-state index < -0.39 is 5.97 Å². The van der Waals surface area contributed by atoms with Crippen molar-refractivity contribution < 1.29 is 14.6 Å². The van der Waals surface area contributed by atoms with Crippen LogP contribution < -0.4 is 4.74 Å². The van der Waals surface area contributed by atoms with Crippen LogP contribution >= 0.6 is 0 Å². The number of carbonyl (C=O) groups is 1. The Labute approximate surface area is 114 Å². The number of carboxylic acids is 1. The zero-order valence-electron chi connectivity index (χ0n) is 10.6. The van der Waals surface area contributed by atoms with Gasteiger partial charge in [-0.05, 0) is 6.07 Å². The zero-order valence-corrected chi connectivity index (χ0v) is 10.6. The van der Waals surface area contributed by atoms with Crippen LogP contribution in [0.1, 0.15) is 10.4 Å². The first-order valence-corrected chi connectivity index (χ1v) is 5.93. The summed E-state index contributed by atoms with van der Waals surface area (Å²) in [4.78, 5) is 19.7. The largest absolute Gasteiger partial charge is 0.478 e. The van der Waals surface area contributed by atoms with Crippen molar-refractivity contribution in [2.24, 2.45) is 7.05 Å². The van der Waals surface area contributed by atoms with Gasteiger partial charge in [0, 0.05) is 24.8 Å². The molecule has 0 bridgehead atoms. The second kappa shape index (κ2) is 4.65. The fourth-order valence-electron chi connectivity index (χ4n) is 1.97. The van der Waals surface area contributed by atoms with Crippen molar-refractivity contribution in [3.63, 3.8) is 0 Å². The SMILES string of the molecule is Cn1ccnc1Oc1cnc2ccccc2c1C(=O)O. The van der Waals surface area contributed by atoms with Crippen molar-refractivity contribution >= 4 is 16.9 Å². The Morgan fingerprint density at radius 3 is 2.80 bits per heavy atom. The molecule has 2 heterocycles. The Kier molecular flexibility index (Phi) is 2.83. The number of ether oxygens (including phenoxy) is 1. The first-order chi connectivity index (χ1) is 9.66. The molecule has 100 valence electrons. The molecule has 3 rings (SSSR count). The standard InChI is InChI=1S/C14H11N3O3/c1-17-7-6-15-14(17)20-11-8-16-10-5-3-2-4-9(10)12(11)13(18)19/h2-8H,1H3,(H,18,19). The molecule has 0 aliphatic carbocycles. The lowest BCUT2D eigenvalue weighted by atomic mass is 10.1. The molecule has 20 heavy (non-hydrogen) atoms. The summed E-state index contributed by atoms with van der Waals surface area (Å²) in [6.45, 7) is 0. The monoisotopic (exact) mass is 269 g/mol. The number of benzene rings is 1. The summed E-state index contributed by atoms with van der Waals surface area (Å²) in [6, 6.07) is 7.34. The lowest BCUT2D eigenvalue weighted by Crippen LogP contribution is -2.04. The number of aryl methyl sites for hydroxylation is 1. The van der Waals surface area contributed by atoms with Crippen LogP contribution in [0, 0.1) is 0 Å². The maximum atomic E-state index is 11.5. The Bertz CT molecular complexity index is 795. The third-order valence-corrected chi connectivity index (χ3v) is 2.93. The van der Waals surface area contributed by atoms with Gasteiger partial charge < -0.3 is 14.4 Å². The number of aromatic nitrogens is 3. The topological polar surface area (TPSA) is 77.2 Å². The van der Waals surface area contributed by atoms with Gasteiger partial charge >= 0.3 is 12.0 Å². The van der Waals surface area contributed by atoms with Crippen molar-refractivity contribution in [3.05, 3.63) is 48.4 Å². The average Bonchev–Trinajstić information content (AvgIpc) is 2.83. The molecular weight excluding hydrogens is 258 g/mol. The van der Waals surface area contributed by atoms with E-state index in [1.54, 1.807) is 48.3 Å². The van der Waals surface area contributed by atoms with Crippen molar-refractivity contribution in [1.82, 2.24) is 14.5 Å². The fourth-order valence-corrected chi connectivity index (χ4v) is 1.97. The van der Waals surface area contributed by atoms with E-state index in [9.17, 15) is 9.90 Å². The smallest absolute Gasteiger partial charge is 0.340 e. The summed E-state index contributed by atoms with van der Waals surface area (Å²) in [5, 5.41) is 9.96. The van der Waals surface area contributed by atoms with Gasteiger partial charge in [0.2, 0.25) is 0 Å². The molecule has 1 aromatic carbocycles. The Morgan fingerprint density at radius 2 is 2.10 bits per heavy atom. The zero-order chi connectivity index (χ0) is 14.1. The molecule has 0 aliphatic heterocycles. The highest BCUT2D eigenvalue weighted by molar-refractivity contribution is 6.04. The summed E-state index contributed by atoms with van der Waals surface area (Å²) in [7, 11) is 1.76. The fraction of sp³-hybridized carbons (Fsp3) is 0.0714. The van der Waals surface area contributed by atoms with Gasteiger partial charge in [-0.15, -0.1) is 0 Å². The maximum absolute atomic E-state index is 11.5. The van der Waals surface area contributed by atoms with Crippen LogP contribution in [0.4, 0.5) is 0 Å². The third-order valence-electron chi connectivity index (χ3n) is 2.93. The highest BCUT2D eigenvalue weighted by atomic mass is 16.5. The lowest BCUT2D eigenvalue weighted by molar-refractivity contribution is 0.0696. The first-order valence-electron chi connectivity index (χ1n) is 5.93. The molecule has 0 fully saturated rings. The maximum Gasteiger partial charge on any atom is 0.340 e. The van der Waals surface area contributed by atoms with Gasteiger partial charge in [-0.2, -0.15) is 0 Å². The van der Waals surface area contributed by atoms with Gasteiger partial charge in [-0.25, -0.2) is 9.78 Å². The second-order valence-corrected chi connectivity index (χ2v) is 4.24. The van der Waals surface area contributed by atoms with E-state index in [1.807, 2.05) is 0 Å². The van der Waals surface area contributed by atoms with E-state index in [0.29, 0.717) is 16.9 Å². The Hall–Kier alpha value is -2.89. The predicted octanol–water partition coefficient (Wildman–Crippen LogP) is 2.46. The minimum Gasteiger partial charge on any atom is -0.478 e. The summed E-state index contributed by atoms with van der Waals surface area (Å²) >= 11 is 0. The van der Waals surface area contributed by atoms with Gasteiger partial charge in [-0.3, -0.25) is 4.98 Å². The van der Waals surface area contributed by atoms with E-state index in [4.69, 9.17) is 4.74 Å². The summed E-state index contributed by atoms with van der Waals surface area (Å²) < 4.78 is 7.21. The van der Waals surface area contributed by atoms with Crippen molar-refractivity contribution in [2.45, 2.75) is 0 Å². The third kappa shape index (κ3) is 1.97. The number of imidazole rings is 1. The quantitative estimate of drug-likeness (QED) is 0.790. The van der Waals surface area contributed by atoms with E-state index in [-0.39, 0.29) is 11.3 Å². The molecule has 0 saturated carbocycles. The van der Waals surface area contributed by atoms with Crippen LogP contribution in [0.2, 0.25) is 0 Å². The van der Waals surface area contributed by atoms with E-state index in [1.165, 1.54) is 6.20 Å². The van der Waals surface area contributed by atoms with Crippen LogP contribution in [0.5, 0.6) is 11.8 Å². The lowest BCUT2D eigenvalue weighted by Gasteiger charge is -2.09. The molecule has 1 N–H and O–H groups in total. The van der Waals surface area contributed by atoms with Crippen LogP contribution in [0.25, 0.3) is 10.9 Å². The normalized spacial score (nSPS) is 10.7. The number of rotatable bonds is 3. The molecule has 0 unspecified atom stereocenters. The number of hydrogen-bond acceptors (Lipinski definition) is 4. The minimum absolute atomic E-state index is 0.0820. The van der Waals surface area contributed by atoms with Gasteiger partial charge in [-0.1, -0.05) is 18.2 Å². The molecule has 0 atom stereocenters. The highest BCUT2D eigenvalue weighted by Gasteiger charge is 2.18. The van der Waals surface area contributed by atoms with E-state index in [2.05, 4.69) is 9.97 Å². The molecule has 6 heteroatoms. The molecule has 2 aromatic heterocycles. The van der Waals surface area contributed by atoms with Crippen molar-refractivity contribution in [2.75, 3.05) is 0 Å². The number of aromatic carboxylic acids is 1. The van der Waals surface area contributed by atoms with Crippen molar-refractivity contribution in [1.29, 1.82) is 0 Å². The van der Waals surface area contributed by atoms with E-state index in [0.717, 1.165) is 0 Å². The van der Waals surface area contributed by atoms with Crippen molar-refractivity contribution in [3.8, 4) is 11.8 Å². The number of hydrogen-bond donors (Lipinski definition) is 1. The minimum atomic E-state index is -1.06. The number of para-hydroxylation sites is 1. The van der Waals surface area contributed by atoms with Gasteiger partial charge in [0.05, 0.1) is 11.7 Å². The molecule has 0 radical (unpaired) electrons. The number of carboxylic acid groups (broad SMARTS) is 1. The van der Waals surface area contributed by atoms with Crippen LogP contribution in [0.3, 0.4) is 0 Å². The van der Waals surface area contributed by atoms with Crippen LogP contribution in [-0.4, -0.2) is 25.6 Å². The molecule has 0 spiro atoms. The summed E-state index contributed by atoms with van der Waals surface area (Å²) in [6.07, 6.45) is 4.69. The van der Waals surface area contributed by atoms with Crippen LogP contribution in [0.15, 0.2) is 42.9 Å². The van der Waals surface area contributed by atoms with E-state index >= 15 is 0 Å². The average molecular weight is 269 g/mol. The molecule has 3 aromatic rings. The second-order valence-electron chi connectivity index (χ2n) is 4.24. The molecular formula is C14H11N3O3. The predicted molar refractivity (Wildman–Crippen MR) is 72.0 cm³/mol. The number of nitrogens with zero attached hydrogens (tertiary/aromatic N) is 3.